The summed E-state index contributed by atoms with van der Waals surface area (Å²) >= 11 is 1.27. The normalized spacial score (nSPS) is 14.6. The monoisotopic (exact) mass is 440 g/mol. The molecule has 1 aliphatic heterocycles. The number of ether oxygens (including phenoxy) is 4. The molecule has 0 fully saturated rings. The fourth-order valence-corrected chi connectivity index (χ4v) is 3.93. The van der Waals surface area contributed by atoms with Gasteiger partial charge < -0.3 is 18.9 Å². The van der Waals surface area contributed by atoms with Crippen molar-refractivity contribution in [3.05, 3.63) is 59.6 Å². The number of benzene rings is 2. The molecule has 1 unspecified atom stereocenters. The number of para-hydroxylation sites is 4. The standard InChI is InChI=1S/C22H20N2O6S/c1-14(25)24(16-7-3-4-8-17(16)27-2)22-23-15(13-31-22)11-29-21(26)20-12-28-18-9-5-6-10-19(18)30-20/h3-10,13,20H,11-12H2,1-2H3. The number of hydrogen-bond acceptors (Lipinski definition) is 8. The fraction of sp³-hybridized carbons (Fsp3) is 0.227. The first-order valence-electron chi connectivity index (χ1n) is 9.50. The Kier molecular flexibility index (Phi) is 6.03. The van der Waals surface area contributed by atoms with Crippen LogP contribution < -0.4 is 19.1 Å². The Hall–Kier alpha value is -3.59. The Balaban J connectivity index is 1.43. The molecule has 4 rings (SSSR count). The summed E-state index contributed by atoms with van der Waals surface area (Å²) in [5.74, 6) is 0.888. The van der Waals surface area contributed by atoms with Crippen molar-refractivity contribution in [2.24, 2.45) is 0 Å². The molecule has 0 saturated heterocycles. The first kappa shape index (κ1) is 20.7. The van der Waals surface area contributed by atoms with Gasteiger partial charge in [-0.2, -0.15) is 0 Å². The predicted molar refractivity (Wildman–Crippen MR) is 114 cm³/mol. The fourth-order valence-electron chi connectivity index (χ4n) is 3.06. The minimum Gasteiger partial charge on any atom is -0.495 e. The molecule has 1 aliphatic rings. The molecule has 160 valence electrons. The highest BCUT2D eigenvalue weighted by Gasteiger charge is 2.29. The number of hydrogen-bond donors (Lipinski definition) is 0. The van der Waals surface area contributed by atoms with Crippen LogP contribution in [0, 0.1) is 0 Å². The zero-order valence-electron chi connectivity index (χ0n) is 16.9. The van der Waals surface area contributed by atoms with Crippen molar-refractivity contribution in [1.82, 2.24) is 4.98 Å². The minimum absolute atomic E-state index is 0.0471. The van der Waals surface area contributed by atoms with E-state index in [1.165, 1.54) is 23.2 Å². The van der Waals surface area contributed by atoms with E-state index in [-0.39, 0.29) is 19.1 Å². The molecule has 31 heavy (non-hydrogen) atoms. The van der Waals surface area contributed by atoms with Gasteiger partial charge in [0.1, 0.15) is 19.0 Å². The van der Waals surface area contributed by atoms with Crippen molar-refractivity contribution in [2.45, 2.75) is 19.6 Å². The molecule has 9 heteroatoms. The van der Waals surface area contributed by atoms with E-state index in [2.05, 4.69) is 4.98 Å². The van der Waals surface area contributed by atoms with E-state index >= 15 is 0 Å². The number of thiazole rings is 1. The lowest BCUT2D eigenvalue weighted by molar-refractivity contribution is -0.156. The van der Waals surface area contributed by atoms with Crippen molar-refractivity contribution in [2.75, 3.05) is 18.6 Å². The van der Waals surface area contributed by atoms with Gasteiger partial charge in [0.25, 0.3) is 0 Å². The van der Waals surface area contributed by atoms with Gasteiger partial charge in [-0.05, 0) is 24.3 Å². The van der Waals surface area contributed by atoms with Crippen LogP contribution in [-0.2, 0) is 20.9 Å². The number of esters is 1. The molecule has 0 bridgehead atoms. The van der Waals surface area contributed by atoms with E-state index in [0.29, 0.717) is 33.8 Å². The number of methoxy groups -OCH3 is 1. The van der Waals surface area contributed by atoms with E-state index in [0.717, 1.165) is 0 Å². The van der Waals surface area contributed by atoms with E-state index < -0.39 is 12.1 Å². The molecule has 1 amide bonds. The second-order valence-electron chi connectivity index (χ2n) is 6.62. The van der Waals surface area contributed by atoms with Gasteiger partial charge in [0.15, 0.2) is 16.6 Å². The van der Waals surface area contributed by atoms with Gasteiger partial charge in [0.05, 0.1) is 18.5 Å². The van der Waals surface area contributed by atoms with Crippen LogP contribution in [-0.4, -0.2) is 36.7 Å². The maximum atomic E-state index is 12.4. The lowest BCUT2D eigenvalue weighted by Crippen LogP contribution is -2.37. The molecule has 8 nitrogen and oxygen atoms in total. The van der Waals surface area contributed by atoms with Gasteiger partial charge >= 0.3 is 5.97 Å². The van der Waals surface area contributed by atoms with E-state index in [9.17, 15) is 9.59 Å². The van der Waals surface area contributed by atoms with Crippen LogP contribution in [0.15, 0.2) is 53.9 Å². The Labute approximate surface area is 182 Å². The zero-order chi connectivity index (χ0) is 21.8. The Morgan fingerprint density at radius 2 is 1.90 bits per heavy atom. The lowest BCUT2D eigenvalue weighted by atomic mass is 10.2. The number of rotatable bonds is 6. The van der Waals surface area contributed by atoms with Gasteiger partial charge in [-0.3, -0.25) is 9.69 Å². The number of amides is 1. The van der Waals surface area contributed by atoms with Crippen molar-refractivity contribution in [3.8, 4) is 17.2 Å². The van der Waals surface area contributed by atoms with Crippen LogP contribution in [0.5, 0.6) is 17.2 Å². The smallest absolute Gasteiger partial charge is 0.351 e. The van der Waals surface area contributed by atoms with Crippen molar-refractivity contribution >= 4 is 34.0 Å². The SMILES string of the molecule is COc1ccccc1N(C(C)=O)c1nc(COC(=O)C2COc3ccccc3O2)cs1. The third-order valence-electron chi connectivity index (χ3n) is 4.51. The maximum absolute atomic E-state index is 12.4. The summed E-state index contributed by atoms with van der Waals surface area (Å²) in [5, 5.41) is 2.19. The summed E-state index contributed by atoms with van der Waals surface area (Å²) in [6, 6.07) is 14.3. The second kappa shape index (κ2) is 9.05. The molecule has 0 radical (unpaired) electrons. The van der Waals surface area contributed by atoms with Crippen molar-refractivity contribution in [1.29, 1.82) is 0 Å². The van der Waals surface area contributed by atoms with Crippen LogP contribution in [0.3, 0.4) is 0 Å². The van der Waals surface area contributed by atoms with Crippen LogP contribution >= 0.6 is 11.3 Å². The topological polar surface area (TPSA) is 87.2 Å². The second-order valence-corrected chi connectivity index (χ2v) is 7.46. The van der Waals surface area contributed by atoms with Crippen LogP contribution in [0.4, 0.5) is 10.8 Å². The summed E-state index contributed by atoms with van der Waals surface area (Å²) in [6.45, 7) is 1.48. The van der Waals surface area contributed by atoms with Crippen molar-refractivity contribution < 1.29 is 28.5 Å². The number of nitrogens with zero attached hydrogens (tertiary/aromatic N) is 2. The predicted octanol–water partition coefficient (Wildman–Crippen LogP) is 3.72. The van der Waals surface area contributed by atoms with Crippen LogP contribution in [0.2, 0.25) is 0 Å². The summed E-state index contributed by atoms with van der Waals surface area (Å²) in [5.41, 5.74) is 1.11. The third-order valence-corrected chi connectivity index (χ3v) is 5.38. The number of fused-ring (bicyclic) bond motifs is 1. The number of carbonyl (C=O) groups is 2. The third kappa shape index (κ3) is 4.46. The quantitative estimate of drug-likeness (QED) is 0.540. The highest BCUT2D eigenvalue weighted by atomic mass is 32.1. The average Bonchev–Trinajstić information content (AvgIpc) is 3.25. The summed E-state index contributed by atoms with van der Waals surface area (Å²) in [6.07, 6.45) is -0.852. The molecule has 2 heterocycles. The first-order chi connectivity index (χ1) is 15.1. The highest BCUT2D eigenvalue weighted by molar-refractivity contribution is 7.14. The molecule has 0 N–H and O–H groups in total. The van der Waals surface area contributed by atoms with Crippen molar-refractivity contribution in [3.63, 3.8) is 0 Å². The summed E-state index contributed by atoms with van der Waals surface area (Å²) < 4.78 is 21.9. The first-order valence-corrected chi connectivity index (χ1v) is 10.4. The number of carbonyl (C=O) groups excluding carboxylic acids is 2. The van der Waals surface area contributed by atoms with Gasteiger partial charge in [-0.25, -0.2) is 9.78 Å². The summed E-state index contributed by atoms with van der Waals surface area (Å²) in [7, 11) is 1.54. The van der Waals surface area contributed by atoms with E-state index in [1.807, 2.05) is 18.2 Å². The van der Waals surface area contributed by atoms with Crippen LogP contribution in [0.25, 0.3) is 0 Å². The molecule has 0 spiro atoms. The Morgan fingerprint density at radius 3 is 2.68 bits per heavy atom. The summed E-state index contributed by atoms with van der Waals surface area (Å²) in [4.78, 5) is 30.6. The number of anilines is 2. The average molecular weight is 440 g/mol. The van der Waals surface area contributed by atoms with Gasteiger partial charge in [0, 0.05) is 12.3 Å². The molecule has 2 aromatic carbocycles. The van der Waals surface area contributed by atoms with Gasteiger partial charge in [0.2, 0.25) is 12.0 Å². The van der Waals surface area contributed by atoms with Gasteiger partial charge in [-0.1, -0.05) is 24.3 Å². The maximum Gasteiger partial charge on any atom is 0.351 e. The molecular formula is C22H20N2O6S. The van der Waals surface area contributed by atoms with E-state index in [4.69, 9.17) is 18.9 Å². The largest absolute Gasteiger partial charge is 0.495 e. The molecule has 0 aliphatic carbocycles. The Bertz CT molecular complexity index is 1100. The molecule has 0 saturated carbocycles. The molecular weight excluding hydrogens is 420 g/mol. The lowest BCUT2D eigenvalue weighted by Gasteiger charge is -2.24. The van der Waals surface area contributed by atoms with E-state index in [1.54, 1.807) is 42.8 Å². The Morgan fingerprint density at radius 1 is 1.16 bits per heavy atom. The molecule has 3 aromatic rings. The molecule has 1 atom stereocenters. The minimum atomic E-state index is -0.852. The molecule has 1 aromatic heterocycles. The van der Waals surface area contributed by atoms with Crippen LogP contribution in [0.1, 0.15) is 12.6 Å². The zero-order valence-corrected chi connectivity index (χ0v) is 17.8. The van der Waals surface area contributed by atoms with Gasteiger partial charge in [-0.15, -0.1) is 11.3 Å². The highest BCUT2D eigenvalue weighted by Crippen LogP contribution is 2.35. The number of aromatic nitrogens is 1.